The van der Waals surface area contributed by atoms with Crippen molar-refractivity contribution in [3.8, 4) is 0 Å². The number of aryl methyl sites for hydroxylation is 1. The molecule has 0 spiro atoms. The summed E-state index contributed by atoms with van der Waals surface area (Å²) in [4.78, 5) is 34.5. The second-order valence-electron chi connectivity index (χ2n) is 5.46. The van der Waals surface area contributed by atoms with Crippen molar-refractivity contribution < 1.29 is 19.1 Å². The smallest absolute Gasteiger partial charge is 0.331 e. The third kappa shape index (κ3) is 7.92. The van der Waals surface area contributed by atoms with E-state index in [2.05, 4.69) is 26.6 Å². The molecule has 7 heteroatoms. The van der Waals surface area contributed by atoms with E-state index >= 15 is 0 Å². The lowest BCUT2D eigenvalue weighted by Crippen LogP contribution is -2.41. The van der Waals surface area contributed by atoms with Crippen LogP contribution in [0.2, 0.25) is 0 Å². The number of nitrogens with one attached hydrogen (secondary N) is 2. The second kappa shape index (κ2) is 9.87. The van der Waals surface area contributed by atoms with Crippen LogP contribution in [0.3, 0.4) is 0 Å². The molecule has 0 bridgehead atoms. The van der Waals surface area contributed by atoms with Crippen molar-refractivity contribution in [1.29, 1.82) is 0 Å². The molecule has 1 rings (SSSR count). The molecule has 6 nitrogen and oxygen atoms in total. The maximum atomic E-state index is 11.6. The molecular formula is C17H21BrN2O4. The number of hydrogen-bond donors (Lipinski definition) is 2. The highest BCUT2D eigenvalue weighted by atomic mass is 79.9. The Morgan fingerprint density at radius 2 is 1.96 bits per heavy atom. The lowest BCUT2D eigenvalue weighted by Gasteiger charge is -2.09. The molecule has 24 heavy (non-hydrogen) atoms. The third-order valence-electron chi connectivity index (χ3n) is 2.80. The number of benzene rings is 1. The molecule has 0 heterocycles. The highest BCUT2D eigenvalue weighted by Crippen LogP contribution is 2.19. The van der Waals surface area contributed by atoms with Gasteiger partial charge < -0.3 is 15.4 Å². The topological polar surface area (TPSA) is 84.5 Å². The maximum absolute atomic E-state index is 11.6. The van der Waals surface area contributed by atoms with Crippen LogP contribution in [0.4, 0.5) is 0 Å². The Bertz CT molecular complexity index is 641. The zero-order valence-electron chi connectivity index (χ0n) is 13.9. The van der Waals surface area contributed by atoms with Crippen molar-refractivity contribution in [1.82, 2.24) is 10.6 Å². The van der Waals surface area contributed by atoms with E-state index in [-0.39, 0.29) is 18.5 Å². The van der Waals surface area contributed by atoms with Crippen LogP contribution in [0.1, 0.15) is 25.0 Å². The van der Waals surface area contributed by atoms with Crippen molar-refractivity contribution in [3.63, 3.8) is 0 Å². The van der Waals surface area contributed by atoms with Gasteiger partial charge in [-0.25, -0.2) is 4.79 Å². The predicted molar refractivity (Wildman–Crippen MR) is 95.2 cm³/mol. The minimum Gasteiger partial charge on any atom is -0.452 e. The van der Waals surface area contributed by atoms with E-state index in [1.54, 1.807) is 6.08 Å². The average Bonchev–Trinajstić information content (AvgIpc) is 2.49. The second-order valence-corrected chi connectivity index (χ2v) is 6.32. The van der Waals surface area contributed by atoms with Crippen LogP contribution in [0.5, 0.6) is 0 Å². The zero-order valence-corrected chi connectivity index (χ0v) is 15.5. The van der Waals surface area contributed by atoms with Crippen LogP contribution in [-0.2, 0) is 19.1 Å². The normalized spacial score (nSPS) is 10.7. The predicted octanol–water partition coefficient (Wildman–Crippen LogP) is 1.95. The summed E-state index contributed by atoms with van der Waals surface area (Å²) in [5.41, 5.74) is 1.92. The fourth-order valence-electron chi connectivity index (χ4n) is 1.71. The molecule has 0 radical (unpaired) electrons. The van der Waals surface area contributed by atoms with Gasteiger partial charge in [-0.05, 0) is 44.0 Å². The van der Waals surface area contributed by atoms with Crippen molar-refractivity contribution in [2.75, 3.05) is 13.2 Å². The van der Waals surface area contributed by atoms with E-state index in [0.29, 0.717) is 0 Å². The Morgan fingerprint density at radius 3 is 2.58 bits per heavy atom. The summed E-state index contributed by atoms with van der Waals surface area (Å²) in [7, 11) is 0. The number of carbonyl (C=O) groups is 3. The Balaban J connectivity index is 2.36. The van der Waals surface area contributed by atoms with Gasteiger partial charge in [-0.2, -0.15) is 0 Å². The average molecular weight is 397 g/mol. The van der Waals surface area contributed by atoms with Gasteiger partial charge in [0.15, 0.2) is 6.61 Å². The Hall–Kier alpha value is -2.15. The van der Waals surface area contributed by atoms with Crippen LogP contribution in [0.15, 0.2) is 28.7 Å². The van der Waals surface area contributed by atoms with E-state index in [1.807, 2.05) is 39.0 Å². The lowest BCUT2D eigenvalue weighted by molar-refractivity contribution is -0.143. The largest absolute Gasteiger partial charge is 0.452 e. The minimum atomic E-state index is -0.635. The molecule has 2 N–H and O–H groups in total. The summed E-state index contributed by atoms with van der Waals surface area (Å²) in [5.74, 6) is -1.47. The van der Waals surface area contributed by atoms with Crippen molar-refractivity contribution in [3.05, 3.63) is 39.9 Å². The summed E-state index contributed by atoms with van der Waals surface area (Å²) < 4.78 is 5.68. The number of halogens is 1. The Morgan fingerprint density at radius 1 is 1.25 bits per heavy atom. The molecule has 0 aliphatic heterocycles. The molecule has 0 aliphatic carbocycles. The van der Waals surface area contributed by atoms with E-state index < -0.39 is 18.5 Å². The van der Waals surface area contributed by atoms with Gasteiger partial charge in [0, 0.05) is 16.6 Å². The minimum absolute atomic E-state index is 0.00142. The maximum Gasteiger partial charge on any atom is 0.331 e. The quantitative estimate of drug-likeness (QED) is 0.544. The highest BCUT2D eigenvalue weighted by Gasteiger charge is 2.08. The molecule has 0 aromatic heterocycles. The molecule has 1 aromatic carbocycles. The molecule has 0 atom stereocenters. The van der Waals surface area contributed by atoms with Gasteiger partial charge in [-0.1, -0.05) is 28.1 Å². The van der Waals surface area contributed by atoms with E-state index in [1.165, 1.54) is 6.08 Å². The fourth-order valence-corrected chi connectivity index (χ4v) is 2.34. The van der Waals surface area contributed by atoms with Crippen molar-refractivity contribution >= 4 is 39.8 Å². The number of ether oxygens (including phenoxy) is 1. The standard InChI is InChI=1S/C17H21BrN2O4/c1-11(2)20-15(21)9-19-16(22)10-24-17(23)7-6-13-5-4-12(3)8-14(13)18/h4-8,11H,9-10H2,1-3H3,(H,19,22)(H,20,21)/b7-6+. The first-order valence-electron chi connectivity index (χ1n) is 7.45. The fraction of sp³-hybridized carbons (Fsp3) is 0.353. The molecule has 0 fully saturated rings. The van der Waals surface area contributed by atoms with Crippen molar-refractivity contribution in [2.45, 2.75) is 26.8 Å². The number of rotatable bonds is 7. The van der Waals surface area contributed by atoms with Gasteiger partial charge in [-0.3, -0.25) is 9.59 Å². The third-order valence-corrected chi connectivity index (χ3v) is 3.48. The Labute approximate surface area is 149 Å². The summed E-state index contributed by atoms with van der Waals surface area (Å²) in [6.07, 6.45) is 2.84. The van der Waals surface area contributed by atoms with Gasteiger partial charge in [0.05, 0.1) is 6.54 Å². The van der Waals surface area contributed by atoms with Gasteiger partial charge in [0.25, 0.3) is 5.91 Å². The molecule has 0 saturated heterocycles. The summed E-state index contributed by atoms with van der Waals surface area (Å²) in [6.45, 7) is 5.01. The SMILES string of the molecule is Cc1ccc(/C=C/C(=O)OCC(=O)NCC(=O)NC(C)C)c(Br)c1. The number of esters is 1. The van der Waals surface area contributed by atoms with Gasteiger partial charge >= 0.3 is 5.97 Å². The number of amides is 2. The van der Waals surface area contributed by atoms with Crippen molar-refractivity contribution in [2.24, 2.45) is 0 Å². The first kappa shape index (κ1) is 19.9. The van der Waals surface area contributed by atoms with Crippen LogP contribution < -0.4 is 10.6 Å². The molecule has 0 unspecified atom stereocenters. The summed E-state index contributed by atoms with van der Waals surface area (Å²) in [6, 6.07) is 5.72. The van der Waals surface area contributed by atoms with Gasteiger partial charge in [-0.15, -0.1) is 0 Å². The first-order chi connectivity index (χ1) is 11.3. The van der Waals surface area contributed by atoms with Crippen LogP contribution in [0, 0.1) is 6.92 Å². The number of carbonyl (C=O) groups excluding carboxylic acids is 3. The molecule has 0 saturated carbocycles. The van der Waals surface area contributed by atoms with E-state index in [4.69, 9.17) is 4.74 Å². The van der Waals surface area contributed by atoms with Crippen LogP contribution in [0.25, 0.3) is 6.08 Å². The first-order valence-corrected chi connectivity index (χ1v) is 8.24. The monoisotopic (exact) mass is 396 g/mol. The van der Waals surface area contributed by atoms with Gasteiger partial charge in [0.2, 0.25) is 5.91 Å². The molecule has 0 aliphatic rings. The number of hydrogen-bond acceptors (Lipinski definition) is 4. The summed E-state index contributed by atoms with van der Waals surface area (Å²) >= 11 is 3.41. The molecule has 130 valence electrons. The zero-order chi connectivity index (χ0) is 18.1. The van der Waals surface area contributed by atoms with E-state index in [9.17, 15) is 14.4 Å². The Kier molecular flexibility index (Phi) is 8.18. The van der Waals surface area contributed by atoms with Gasteiger partial charge in [0.1, 0.15) is 0 Å². The molecule has 1 aromatic rings. The van der Waals surface area contributed by atoms with Crippen LogP contribution in [-0.4, -0.2) is 37.0 Å². The van der Waals surface area contributed by atoms with Crippen LogP contribution >= 0.6 is 15.9 Å². The highest BCUT2D eigenvalue weighted by molar-refractivity contribution is 9.10. The van der Waals surface area contributed by atoms with E-state index in [0.717, 1.165) is 15.6 Å². The lowest BCUT2D eigenvalue weighted by atomic mass is 10.1. The summed E-state index contributed by atoms with van der Waals surface area (Å²) in [5, 5.41) is 5.01. The molecular weight excluding hydrogens is 376 g/mol. The molecule has 2 amide bonds.